The summed E-state index contributed by atoms with van der Waals surface area (Å²) < 4.78 is 8.58. The van der Waals surface area contributed by atoms with Gasteiger partial charge in [0.2, 0.25) is 0 Å². The third kappa shape index (κ3) is 5.76. The molecule has 0 unspecified atom stereocenters. The average molecular weight is 517 g/mol. The first kappa shape index (κ1) is 21.6. The number of thiophene rings is 1. The number of amides is 1. The molecule has 0 spiro atoms. The molecule has 0 saturated carbocycles. The van der Waals surface area contributed by atoms with E-state index in [2.05, 4.69) is 26.3 Å². The lowest BCUT2D eigenvalue weighted by Gasteiger charge is -2.07. The van der Waals surface area contributed by atoms with E-state index in [1.165, 1.54) is 11.3 Å². The molecule has 31 heavy (non-hydrogen) atoms. The molecule has 2 aromatic carbocycles. The number of aryl methyl sites for hydroxylation is 1. The van der Waals surface area contributed by atoms with Gasteiger partial charge in [-0.25, -0.2) is 0 Å². The summed E-state index contributed by atoms with van der Waals surface area (Å²) >= 11 is 10.8. The Morgan fingerprint density at radius 1 is 1.23 bits per heavy atom. The third-order valence-corrected chi connectivity index (χ3v) is 6.35. The smallest absolute Gasteiger partial charge is 0.265 e. The quantitative estimate of drug-likeness (QED) is 0.303. The van der Waals surface area contributed by atoms with Crippen LogP contribution in [0.15, 0.2) is 70.8 Å². The maximum absolute atomic E-state index is 12.7. The van der Waals surface area contributed by atoms with Crippen molar-refractivity contribution in [3.8, 4) is 5.75 Å². The van der Waals surface area contributed by atoms with Crippen LogP contribution in [0.1, 0.15) is 26.4 Å². The van der Waals surface area contributed by atoms with Crippen molar-refractivity contribution in [2.75, 3.05) is 5.32 Å². The number of rotatable bonds is 7. The molecule has 1 N–H and O–H groups in total. The van der Waals surface area contributed by atoms with Crippen LogP contribution in [-0.4, -0.2) is 15.7 Å². The number of carbonyl (C=O) groups excluding carboxylic acids is 1. The zero-order valence-electron chi connectivity index (χ0n) is 16.6. The molecule has 2 aromatic heterocycles. The van der Waals surface area contributed by atoms with Gasteiger partial charge in [0, 0.05) is 22.5 Å². The summed E-state index contributed by atoms with van der Waals surface area (Å²) in [6, 6.07) is 15.2. The lowest BCUT2D eigenvalue weighted by Crippen LogP contribution is -2.10. The van der Waals surface area contributed by atoms with Gasteiger partial charge in [-0.15, -0.1) is 11.3 Å². The fourth-order valence-electron chi connectivity index (χ4n) is 3.00. The summed E-state index contributed by atoms with van der Waals surface area (Å²) in [4.78, 5) is 13.3. The average Bonchev–Trinajstić information content (AvgIpc) is 3.38. The molecule has 4 aromatic rings. The lowest BCUT2D eigenvalue weighted by atomic mass is 10.2. The first-order valence-electron chi connectivity index (χ1n) is 9.51. The van der Waals surface area contributed by atoms with Gasteiger partial charge in [-0.1, -0.05) is 23.7 Å². The van der Waals surface area contributed by atoms with Gasteiger partial charge in [0.1, 0.15) is 12.4 Å². The lowest BCUT2D eigenvalue weighted by molar-refractivity contribution is 0.103. The zero-order valence-corrected chi connectivity index (χ0v) is 19.8. The molecule has 0 aliphatic carbocycles. The molecule has 0 atom stereocenters. The summed E-state index contributed by atoms with van der Waals surface area (Å²) in [6.45, 7) is 2.95. The van der Waals surface area contributed by atoms with Gasteiger partial charge in [-0.05, 0) is 75.8 Å². The molecule has 0 fully saturated rings. The zero-order chi connectivity index (χ0) is 21.8. The maximum atomic E-state index is 12.7. The maximum Gasteiger partial charge on any atom is 0.265 e. The summed E-state index contributed by atoms with van der Waals surface area (Å²) in [6.07, 6.45) is 3.66. The molecule has 0 saturated heterocycles. The fourth-order valence-corrected chi connectivity index (χ4v) is 4.23. The molecule has 4 rings (SSSR count). The van der Waals surface area contributed by atoms with Gasteiger partial charge in [0.25, 0.3) is 5.91 Å². The molecule has 8 heteroatoms. The van der Waals surface area contributed by atoms with E-state index in [0.29, 0.717) is 23.1 Å². The molecule has 0 aliphatic rings. The van der Waals surface area contributed by atoms with Crippen molar-refractivity contribution in [2.24, 2.45) is 0 Å². The molecule has 2 heterocycles. The molecule has 0 radical (unpaired) electrons. The van der Waals surface area contributed by atoms with Crippen LogP contribution in [0.2, 0.25) is 5.02 Å². The largest absolute Gasteiger partial charge is 0.489 e. The Morgan fingerprint density at radius 3 is 2.87 bits per heavy atom. The van der Waals surface area contributed by atoms with Crippen molar-refractivity contribution < 1.29 is 9.53 Å². The third-order valence-electron chi connectivity index (χ3n) is 4.54. The Kier molecular flexibility index (Phi) is 6.75. The minimum Gasteiger partial charge on any atom is -0.489 e. The van der Waals surface area contributed by atoms with Gasteiger partial charge < -0.3 is 10.1 Å². The highest BCUT2D eigenvalue weighted by atomic mass is 79.9. The number of ether oxygens (including phenoxy) is 1. The summed E-state index contributed by atoms with van der Waals surface area (Å²) in [5.74, 6) is 0.609. The van der Waals surface area contributed by atoms with Crippen LogP contribution in [-0.2, 0) is 13.2 Å². The van der Waals surface area contributed by atoms with E-state index in [1.807, 2.05) is 71.7 Å². The van der Waals surface area contributed by atoms with Crippen LogP contribution >= 0.6 is 38.9 Å². The van der Waals surface area contributed by atoms with E-state index >= 15 is 0 Å². The van der Waals surface area contributed by atoms with Crippen molar-refractivity contribution in [1.29, 1.82) is 0 Å². The Morgan fingerprint density at radius 2 is 2.10 bits per heavy atom. The first-order valence-corrected chi connectivity index (χ1v) is 11.6. The molecule has 5 nitrogen and oxygen atoms in total. The van der Waals surface area contributed by atoms with E-state index in [4.69, 9.17) is 16.3 Å². The van der Waals surface area contributed by atoms with Crippen molar-refractivity contribution in [3.05, 3.63) is 97.4 Å². The van der Waals surface area contributed by atoms with Crippen LogP contribution in [0.25, 0.3) is 0 Å². The predicted octanol–water partition coefficient (Wildman–Crippen LogP) is 6.55. The molecule has 0 bridgehead atoms. The van der Waals surface area contributed by atoms with E-state index in [-0.39, 0.29) is 5.91 Å². The second-order valence-electron chi connectivity index (χ2n) is 7.03. The van der Waals surface area contributed by atoms with Crippen LogP contribution in [0.4, 0.5) is 5.69 Å². The van der Waals surface area contributed by atoms with E-state index < -0.39 is 0 Å². The Labute approximate surface area is 197 Å². The van der Waals surface area contributed by atoms with E-state index in [1.54, 1.807) is 6.20 Å². The number of nitrogens with zero attached hydrogens (tertiary/aromatic N) is 2. The van der Waals surface area contributed by atoms with E-state index in [9.17, 15) is 4.79 Å². The molecule has 158 valence electrons. The number of anilines is 1. The number of hydrogen-bond donors (Lipinski definition) is 1. The summed E-state index contributed by atoms with van der Waals surface area (Å²) in [5.41, 5.74) is 3.70. The number of hydrogen-bond acceptors (Lipinski definition) is 4. The molecular weight excluding hydrogens is 498 g/mol. The van der Waals surface area contributed by atoms with Gasteiger partial charge in [-0.2, -0.15) is 5.10 Å². The van der Waals surface area contributed by atoms with Crippen molar-refractivity contribution in [2.45, 2.75) is 20.1 Å². The van der Waals surface area contributed by atoms with Crippen LogP contribution < -0.4 is 10.1 Å². The van der Waals surface area contributed by atoms with Crippen molar-refractivity contribution in [1.82, 2.24) is 9.78 Å². The molecule has 0 aliphatic heterocycles. The second kappa shape index (κ2) is 9.68. The van der Waals surface area contributed by atoms with Crippen molar-refractivity contribution in [3.63, 3.8) is 0 Å². The summed E-state index contributed by atoms with van der Waals surface area (Å²) in [7, 11) is 0. The molecular formula is C23H19BrClN3O2S. The standard InChI is InChI=1S/C23H19BrClN3O2S/c1-15-7-20(5-6-21(15)25)30-13-17-9-22(31-14-17)23(29)27-19-4-2-3-16(8-19)11-28-12-18(24)10-26-28/h2-10,12,14H,11,13H2,1H3,(H,27,29). The highest BCUT2D eigenvalue weighted by molar-refractivity contribution is 9.10. The van der Waals surface area contributed by atoms with Gasteiger partial charge in [-0.3, -0.25) is 9.48 Å². The number of carbonyl (C=O) groups is 1. The highest BCUT2D eigenvalue weighted by Gasteiger charge is 2.11. The topological polar surface area (TPSA) is 56.1 Å². The Hall–Kier alpha value is -2.61. The minimum absolute atomic E-state index is 0.141. The van der Waals surface area contributed by atoms with Crippen LogP contribution in [0, 0.1) is 6.92 Å². The highest BCUT2D eigenvalue weighted by Crippen LogP contribution is 2.23. The first-order chi connectivity index (χ1) is 15.0. The number of benzene rings is 2. The fraction of sp³-hybridized carbons (Fsp3) is 0.130. The van der Waals surface area contributed by atoms with Crippen molar-refractivity contribution >= 4 is 50.5 Å². The van der Waals surface area contributed by atoms with Crippen LogP contribution in [0.5, 0.6) is 5.75 Å². The Balaban J connectivity index is 1.36. The summed E-state index contributed by atoms with van der Waals surface area (Å²) in [5, 5.41) is 9.88. The number of nitrogens with one attached hydrogen (secondary N) is 1. The number of aromatic nitrogens is 2. The van der Waals surface area contributed by atoms with Gasteiger partial charge in [0.05, 0.1) is 22.1 Å². The predicted molar refractivity (Wildman–Crippen MR) is 128 cm³/mol. The Bertz CT molecular complexity index is 1220. The molecule has 1 amide bonds. The normalized spacial score (nSPS) is 10.8. The minimum atomic E-state index is -0.141. The monoisotopic (exact) mass is 515 g/mol. The van der Waals surface area contributed by atoms with E-state index in [0.717, 1.165) is 32.6 Å². The SMILES string of the molecule is Cc1cc(OCc2csc(C(=O)Nc3cccc(Cn4cc(Br)cn4)c3)c2)ccc1Cl. The second-order valence-corrected chi connectivity index (χ2v) is 9.26. The van der Waals surface area contributed by atoms with Gasteiger partial charge in [0.15, 0.2) is 0 Å². The van der Waals surface area contributed by atoms with Crippen LogP contribution in [0.3, 0.4) is 0 Å². The number of halogens is 2. The van der Waals surface area contributed by atoms with Gasteiger partial charge >= 0.3 is 0 Å².